The van der Waals surface area contributed by atoms with E-state index in [4.69, 9.17) is 20.1 Å². The van der Waals surface area contributed by atoms with Crippen molar-refractivity contribution in [1.82, 2.24) is 30.2 Å². The molecule has 6 aliphatic heterocycles. The highest BCUT2D eigenvalue weighted by Crippen LogP contribution is 2.57. The van der Waals surface area contributed by atoms with Crippen molar-refractivity contribution in [3.8, 4) is 0 Å². The van der Waals surface area contributed by atoms with E-state index in [1.807, 2.05) is 17.1 Å². The minimum Gasteiger partial charge on any atom is -0.450 e. The molecule has 8 aliphatic rings. The van der Waals surface area contributed by atoms with Crippen LogP contribution >= 0.6 is 0 Å². The van der Waals surface area contributed by atoms with E-state index in [9.17, 15) is 9.59 Å². The van der Waals surface area contributed by atoms with Crippen LogP contribution in [0.4, 0.5) is 0 Å². The second-order valence-electron chi connectivity index (χ2n) is 14.4. The first kappa shape index (κ1) is 28.8. The third-order valence-corrected chi connectivity index (χ3v) is 12.2. The summed E-state index contributed by atoms with van der Waals surface area (Å²) < 4.78 is 19.9. The summed E-state index contributed by atoms with van der Waals surface area (Å²) in [5.41, 5.74) is 5.49. The van der Waals surface area contributed by atoms with Gasteiger partial charge in [-0.05, 0) is 62.8 Å². The van der Waals surface area contributed by atoms with E-state index in [1.165, 1.54) is 25.7 Å². The Labute approximate surface area is 267 Å². The molecule has 244 valence electrons. The van der Waals surface area contributed by atoms with Crippen LogP contribution in [-0.4, -0.2) is 98.0 Å². The molecule has 1 aromatic heterocycles. The Morgan fingerprint density at radius 3 is 2.37 bits per heavy atom. The summed E-state index contributed by atoms with van der Waals surface area (Å²) in [6, 6.07) is 1.24. The molecule has 1 aromatic rings. The van der Waals surface area contributed by atoms with Gasteiger partial charge in [-0.3, -0.25) is 20.6 Å². The van der Waals surface area contributed by atoms with E-state index in [1.54, 1.807) is 18.4 Å². The first-order valence-electron chi connectivity index (χ1n) is 17.0. The Bertz CT molecular complexity index is 1570. The van der Waals surface area contributed by atoms with Gasteiger partial charge in [-0.2, -0.15) is 0 Å². The summed E-state index contributed by atoms with van der Waals surface area (Å²) in [5, 5.41) is 8.92. The molecule has 2 aliphatic carbocycles. The minimum atomic E-state index is -0.443. The molecule has 46 heavy (non-hydrogen) atoms. The summed E-state index contributed by atoms with van der Waals surface area (Å²) >= 11 is 0. The third kappa shape index (κ3) is 4.31. The van der Waals surface area contributed by atoms with Crippen LogP contribution in [0, 0.1) is 5.92 Å². The molecule has 2 saturated carbocycles. The lowest BCUT2D eigenvalue weighted by atomic mass is 9.73. The van der Waals surface area contributed by atoms with Crippen molar-refractivity contribution in [1.29, 1.82) is 0 Å². The average Bonchev–Trinajstić information content (AvgIpc) is 3.86. The van der Waals surface area contributed by atoms with E-state index >= 15 is 0 Å². The van der Waals surface area contributed by atoms with E-state index in [0.717, 1.165) is 68.5 Å². The number of fused-ring (bicyclic) bond motifs is 6. The predicted octanol–water partition coefficient (Wildman–Crippen LogP) is 1.83. The molecular weight excluding hydrogens is 588 g/mol. The maximum Gasteiger partial charge on any atom is 0.331 e. The molecule has 4 saturated heterocycles. The molecule has 3 N–H and O–H groups in total. The zero-order chi connectivity index (χ0) is 31.0. The maximum atomic E-state index is 12.4. The fourth-order valence-corrected chi connectivity index (χ4v) is 10.4. The number of carbonyl (C=O) groups is 2. The summed E-state index contributed by atoms with van der Waals surface area (Å²) in [6.45, 7) is 2.60. The van der Waals surface area contributed by atoms with Gasteiger partial charge in [-0.25, -0.2) is 14.3 Å². The molecule has 0 amide bonds. The number of carbonyl (C=O) groups excluding carboxylic acids is 2. The van der Waals surface area contributed by atoms with Gasteiger partial charge in [-0.1, -0.05) is 18.1 Å². The van der Waals surface area contributed by atoms with Crippen molar-refractivity contribution in [2.24, 2.45) is 16.8 Å². The number of hydrogen-bond donors (Lipinski definition) is 2. The zero-order valence-electron chi connectivity index (χ0n) is 26.1. The standard InChI is InChI=1S/C33H42N8O5/c34-36-23(16-35-15-20-9-21-11-30(42)45-32(21)13-26(20)39-7-3-1-5-28(32)39)18-44-19-24-17-41(38-37-24)25-10-22-12-31(43)46-33(22)14-27(25)40-8-4-2-6-29(33)40/h11-12,15-17,20,25-29,36H,1-10,13-14,18-19,34H2/b23-16-,35-15?/t20?,25-,26+,27+,28-,29-,32+,33+/m1/s1. The number of nitrogens with two attached hydrogens (primary N) is 1. The zero-order valence-corrected chi connectivity index (χ0v) is 26.1. The summed E-state index contributed by atoms with van der Waals surface area (Å²) in [5.74, 6) is 5.63. The number of rotatable bonds is 8. The second kappa shape index (κ2) is 10.8. The lowest BCUT2D eigenvalue weighted by Gasteiger charge is -2.38. The molecule has 2 spiro atoms. The van der Waals surface area contributed by atoms with Gasteiger partial charge >= 0.3 is 11.9 Å². The molecule has 0 aromatic carbocycles. The van der Waals surface area contributed by atoms with Gasteiger partial charge in [-0.15, -0.1) is 5.10 Å². The molecule has 13 nitrogen and oxygen atoms in total. The minimum absolute atomic E-state index is 0.100. The van der Waals surface area contributed by atoms with E-state index in [0.29, 0.717) is 11.7 Å². The predicted molar refractivity (Wildman–Crippen MR) is 165 cm³/mol. The molecule has 1 unspecified atom stereocenters. The lowest BCUT2D eigenvalue weighted by molar-refractivity contribution is -0.149. The van der Waals surface area contributed by atoms with Crippen LogP contribution in [0.25, 0.3) is 0 Å². The van der Waals surface area contributed by atoms with Crippen LogP contribution in [0.1, 0.15) is 75.9 Å². The number of hydrogen-bond acceptors (Lipinski definition) is 12. The van der Waals surface area contributed by atoms with Gasteiger partial charge in [0.2, 0.25) is 0 Å². The number of hydrazine groups is 1. The Morgan fingerprint density at radius 1 is 0.978 bits per heavy atom. The number of aliphatic imine (C=N–C) groups is 1. The Kier molecular flexibility index (Phi) is 6.78. The number of aromatic nitrogens is 3. The first-order valence-corrected chi connectivity index (χ1v) is 17.0. The normalized spacial score (nSPS) is 39.8. The molecule has 4 bridgehead atoms. The molecule has 6 fully saturated rings. The number of piperidine rings is 2. The third-order valence-electron chi connectivity index (χ3n) is 12.2. The maximum absolute atomic E-state index is 12.4. The summed E-state index contributed by atoms with van der Waals surface area (Å²) in [4.78, 5) is 34.5. The van der Waals surface area contributed by atoms with Crippen molar-refractivity contribution in [2.45, 2.75) is 112 Å². The van der Waals surface area contributed by atoms with Gasteiger partial charge in [0.05, 0.1) is 43.2 Å². The summed E-state index contributed by atoms with van der Waals surface area (Å²) in [6.07, 6.45) is 19.2. The fraction of sp³-hybridized carbons (Fsp3) is 0.667. The lowest BCUT2D eigenvalue weighted by Crippen LogP contribution is -2.48. The highest BCUT2D eigenvalue weighted by Gasteiger charge is 2.65. The average molecular weight is 631 g/mol. The van der Waals surface area contributed by atoms with Crippen molar-refractivity contribution >= 4 is 18.2 Å². The largest absolute Gasteiger partial charge is 0.450 e. The van der Waals surface area contributed by atoms with Crippen molar-refractivity contribution in [3.63, 3.8) is 0 Å². The van der Waals surface area contributed by atoms with E-state index in [-0.39, 0.29) is 55.2 Å². The van der Waals surface area contributed by atoms with Crippen LogP contribution in [0.2, 0.25) is 0 Å². The number of nitrogens with one attached hydrogen (secondary N) is 1. The van der Waals surface area contributed by atoms with E-state index < -0.39 is 11.2 Å². The van der Waals surface area contributed by atoms with Crippen LogP contribution in [0.15, 0.2) is 46.4 Å². The number of nitrogens with zero attached hydrogens (tertiary/aromatic N) is 6. The van der Waals surface area contributed by atoms with Gasteiger partial charge < -0.3 is 19.6 Å². The van der Waals surface area contributed by atoms with Crippen LogP contribution in [-0.2, 0) is 30.4 Å². The van der Waals surface area contributed by atoms with E-state index in [2.05, 4.69) is 30.5 Å². The SMILES string of the molecule is NN/C(=C\N=CC1CC2=CC(=O)O[C@@]23C[C@@H]1N1CCCC[C@@H]13)COCc1cn([C@@H]2CC3=CC(=O)O[C@@]34C[C@@H]2N2CCCC[C@@H]24)nn1. The molecule has 7 heterocycles. The fourth-order valence-electron chi connectivity index (χ4n) is 10.4. The number of ether oxygens (including phenoxy) is 3. The first-order chi connectivity index (χ1) is 22.5. The molecule has 8 atom stereocenters. The highest BCUT2D eigenvalue weighted by molar-refractivity contribution is 5.88. The van der Waals surface area contributed by atoms with Crippen LogP contribution in [0.5, 0.6) is 0 Å². The molecule has 9 rings (SSSR count). The van der Waals surface area contributed by atoms with Crippen molar-refractivity contribution in [3.05, 3.63) is 47.1 Å². The Hall–Kier alpha value is -3.39. The second-order valence-corrected chi connectivity index (χ2v) is 14.4. The van der Waals surface area contributed by atoms with Crippen LogP contribution < -0.4 is 11.3 Å². The van der Waals surface area contributed by atoms with Gasteiger partial charge in [0.15, 0.2) is 11.2 Å². The number of esters is 2. The topological polar surface area (TPSA) is 149 Å². The van der Waals surface area contributed by atoms with Gasteiger partial charge in [0.1, 0.15) is 5.69 Å². The van der Waals surface area contributed by atoms with Gasteiger partial charge in [0, 0.05) is 55.4 Å². The van der Waals surface area contributed by atoms with Crippen molar-refractivity contribution < 1.29 is 23.8 Å². The van der Waals surface area contributed by atoms with Crippen molar-refractivity contribution in [2.75, 3.05) is 19.7 Å². The molecule has 13 heteroatoms. The molecule has 0 radical (unpaired) electrons. The Balaban J connectivity index is 0.840. The van der Waals surface area contributed by atoms with Gasteiger partial charge in [0.25, 0.3) is 0 Å². The highest BCUT2D eigenvalue weighted by atomic mass is 16.6. The van der Waals surface area contributed by atoms with Crippen LogP contribution in [0.3, 0.4) is 0 Å². The quantitative estimate of drug-likeness (QED) is 0.188. The monoisotopic (exact) mass is 630 g/mol. The summed E-state index contributed by atoms with van der Waals surface area (Å²) in [7, 11) is 0. The Morgan fingerprint density at radius 2 is 1.65 bits per heavy atom. The molecular formula is C33H42N8O5. The smallest absolute Gasteiger partial charge is 0.331 e.